The normalized spacial score (nSPS) is 34.0. The van der Waals surface area contributed by atoms with E-state index in [0.717, 1.165) is 25.8 Å². The fourth-order valence-electron chi connectivity index (χ4n) is 2.33. The van der Waals surface area contributed by atoms with E-state index in [-0.39, 0.29) is 5.60 Å². The fourth-order valence-corrected chi connectivity index (χ4v) is 2.33. The van der Waals surface area contributed by atoms with Crippen LogP contribution >= 0.6 is 0 Å². The first-order chi connectivity index (χ1) is 5.73. The quantitative estimate of drug-likeness (QED) is 0.690. The zero-order valence-corrected chi connectivity index (χ0v) is 7.92. The Morgan fingerprint density at radius 2 is 2.25 bits per heavy atom. The lowest BCUT2D eigenvalue weighted by Crippen LogP contribution is -2.32. The first kappa shape index (κ1) is 8.52. The third-order valence-electron chi connectivity index (χ3n) is 3.35. The van der Waals surface area contributed by atoms with E-state index in [4.69, 9.17) is 0 Å². The van der Waals surface area contributed by atoms with E-state index in [1.54, 1.807) is 0 Å². The van der Waals surface area contributed by atoms with Crippen molar-refractivity contribution < 1.29 is 5.11 Å². The lowest BCUT2D eigenvalue weighted by molar-refractivity contribution is 0.101. The van der Waals surface area contributed by atoms with Crippen LogP contribution in [0.15, 0.2) is 0 Å². The third-order valence-corrected chi connectivity index (χ3v) is 3.35. The van der Waals surface area contributed by atoms with Crippen molar-refractivity contribution in [1.82, 2.24) is 4.90 Å². The molecule has 1 saturated carbocycles. The summed E-state index contributed by atoms with van der Waals surface area (Å²) in [7, 11) is 0. The van der Waals surface area contributed by atoms with E-state index in [1.807, 2.05) is 0 Å². The van der Waals surface area contributed by atoms with E-state index in [0.29, 0.717) is 6.04 Å². The lowest BCUT2D eigenvalue weighted by Gasteiger charge is -2.24. The molecule has 0 amide bonds. The van der Waals surface area contributed by atoms with E-state index >= 15 is 0 Å². The van der Waals surface area contributed by atoms with Gasteiger partial charge in [0.25, 0.3) is 0 Å². The molecule has 0 bridgehead atoms. The maximum absolute atomic E-state index is 9.78. The molecule has 70 valence electrons. The van der Waals surface area contributed by atoms with E-state index < -0.39 is 0 Å². The molecule has 1 N–H and O–H groups in total. The summed E-state index contributed by atoms with van der Waals surface area (Å²) in [6.45, 7) is 4.62. The first-order valence-corrected chi connectivity index (χ1v) is 5.20. The molecule has 2 nitrogen and oxygen atoms in total. The van der Waals surface area contributed by atoms with Crippen LogP contribution in [0.1, 0.15) is 39.0 Å². The van der Waals surface area contributed by atoms with Crippen molar-refractivity contribution in [2.75, 3.05) is 13.1 Å². The molecule has 1 aliphatic carbocycles. The largest absolute Gasteiger partial charge is 0.390 e. The summed E-state index contributed by atoms with van der Waals surface area (Å²) in [4.78, 5) is 2.51. The maximum Gasteiger partial charge on any atom is 0.0664 e. The zero-order chi connectivity index (χ0) is 8.60. The highest BCUT2D eigenvalue weighted by molar-refractivity contribution is 4.98. The number of nitrogens with zero attached hydrogens (tertiary/aromatic N) is 1. The zero-order valence-electron chi connectivity index (χ0n) is 7.92. The summed E-state index contributed by atoms with van der Waals surface area (Å²) < 4.78 is 0. The molecule has 1 atom stereocenters. The molecule has 1 saturated heterocycles. The minimum Gasteiger partial charge on any atom is -0.390 e. The van der Waals surface area contributed by atoms with Crippen LogP contribution in [0, 0.1) is 0 Å². The third kappa shape index (κ3) is 1.64. The monoisotopic (exact) mass is 169 g/mol. The van der Waals surface area contributed by atoms with Crippen LogP contribution in [0.3, 0.4) is 0 Å². The SMILES string of the molecule is CCN1CCCC1CC1(O)CC1. The molecule has 0 radical (unpaired) electrons. The van der Waals surface area contributed by atoms with Crippen molar-refractivity contribution in [2.24, 2.45) is 0 Å². The molecule has 0 aromatic rings. The summed E-state index contributed by atoms with van der Waals surface area (Å²) in [5.41, 5.74) is -0.248. The fraction of sp³-hybridized carbons (Fsp3) is 1.00. The van der Waals surface area contributed by atoms with Crippen molar-refractivity contribution in [3.63, 3.8) is 0 Å². The predicted octanol–water partition coefficient (Wildman–Crippen LogP) is 1.39. The van der Waals surface area contributed by atoms with E-state index in [1.165, 1.54) is 19.4 Å². The van der Waals surface area contributed by atoms with Crippen molar-refractivity contribution in [3.05, 3.63) is 0 Å². The summed E-state index contributed by atoms with van der Waals surface area (Å²) in [6, 6.07) is 0.683. The molecular weight excluding hydrogens is 150 g/mol. The second-order valence-corrected chi connectivity index (χ2v) is 4.35. The minimum absolute atomic E-state index is 0.248. The van der Waals surface area contributed by atoms with Gasteiger partial charge < -0.3 is 10.0 Å². The van der Waals surface area contributed by atoms with Gasteiger partial charge in [0.15, 0.2) is 0 Å². The van der Waals surface area contributed by atoms with Gasteiger partial charge in [-0.25, -0.2) is 0 Å². The van der Waals surface area contributed by atoms with Gasteiger partial charge in [-0.2, -0.15) is 0 Å². The Kier molecular flexibility index (Phi) is 2.13. The van der Waals surface area contributed by atoms with Crippen molar-refractivity contribution in [3.8, 4) is 0 Å². The van der Waals surface area contributed by atoms with Gasteiger partial charge in [-0.15, -0.1) is 0 Å². The molecule has 0 spiro atoms. The van der Waals surface area contributed by atoms with E-state index in [2.05, 4.69) is 11.8 Å². The van der Waals surface area contributed by atoms with Crippen molar-refractivity contribution >= 4 is 0 Å². The minimum atomic E-state index is -0.248. The van der Waals surface area contributed by atoms with Crippen LogP contribution in [-0.2, 0) is 0 Å². The van der Waals surface area contributed by atoms with Crippen LogP contribution in [0.2, 0.25) is 0 Å². The molecule has 2 rings (SSSR count). The predicted molar refractivity (Wildman–Crippen MR) is 49.1 cm³/mol. The van der Waals surface area contributed by atoms with Gasteiger partial charge in [0.1, 0.15) is 0 Å². The second kappa shape index (κ2) is 3.00. The smallest absolute Gasteiger partial charge is 0.0664 e. The van der Waals surface area contributed by atoms with Gasteiger partial charge in [0.2, 0.25) is 0 Å². The van der Waals surface area contributed by atoms with Crippen LogP contribution in [0.4, 0.5) is 0 Å². The van der Waals surface area contributed by atoms with Gasteiger partial charge in [-0.3, -0.25) is 0 Å². The number of hydrogen-bond donors (Lipinski definition) is 1. The standard InChI is InChI=1S/C10H19NO/c1-2-11-7-3-4-9(11)8-10(12)5-6-10/h9,12H,2-8H2,1H3. The second-order valence-electron chi connectivity index (χ2n) is 4.35. The summed E-state index contributed by atoms with van der Waals surface area (Å²) in [5.74, 6) is 0. The van der Waals surface area contributed by atoms with Crippen molar-refractivity contribution in [1.29, 1.82) is 0 Å². The molecule has 12 heavy (non-hydrogen) atoms. The Bertz CT molecular complexity index is 165. The molecular formula is C10H19NO. The molecule has 1 heterocycles. The Morgan fingerprint density at radius 3 is 2.83 bits per heavy atom. The number of hydrogen-bond acceptors (Lipinski definition) is 2. The van der Waals surface area contributed by atoms with E-state index in [9.17, 15) is 5.11 Å². The first-order valence-electron chi connectivity index (χ1n) is 5.20. The Hall–Kier alpha value is -0.0800. The topological polar surface area (TPSA) is 23.5 Å². The summed E-state index contributed by atoms with van der Waals surface area (Å²) in [6.07, 6.45) is 5.74. The Labute approximate surface area is 74.6 Å². The van der Waals surface area contributed by atoms with Crippen molar-refractivity contribution in [2.45, 2.75) is 50.7 Å². The average molecular weight is 169 g/mol. The van der Waals surface area contributed by atoms with Gasteiger partial charge in [-0.1, -0.05) is 6.92 Å². The molecule has 1 unspecified atom stereocenters. The average Bonchev–Trinajstić information content (AvgIpc) is 2.64. The molecule has 2 heteroatoms. The highest BCUT2D eigenvalue weighted by Gasteiger charge is 2.43. The molecule has 2 aliphatic rings. The van der Waals surface area contributed by atoms with Gasteiger partial charge in [0, 0.05) is 6.04 Å². The van der Waals surface area contributed by atoms with Gasteiger partial charge in [0.05, 0.1) is 5.60 Å². The van der Waals surface area contributed by atoms with Crippen LogP contribution in [0.25, 0.3) is 0 Å². The Morgan fingerprint density at radius 1 is 1.50 bits per heavy atom. The van der Waals surface area contributed by atoms with Gasteiger partial charge >= 0.3 is 0 Å². The number of aliphatic hydroxyl groups is 1. The highest BCUT2D eigenvalue weighted by Crippen LogP contribution is 2.41. The molecule has 2 fully saturated rings. The molecule has 0 aromatic carbocycles. The highest BCUT2D eigenvalue weighted by atomic mass is 16.3. The van der Waals surface area contributed by atoms with Gasteiger partial charge in [-0.05, 0) is 45.2 Å². The molecule has 1 aliphatic heterocycles. The van der Waals surface area contributed by atoms with Crippen LogP contribution < -0.4 is 0 Å². The number of rotatable bonds is 3. The maximum atomic E-state index is 9.78. The number of likely N-dealkylation sites (tertiary alicyclic amines) is 1. The lowest BCUT2D eigenvalue weighted by atomic mass is 10.1. The summed E-state index contributed by atoms with van der Waals surface area (Å²) >= 11 is 0. The summed E-state index contributed by atoms with van der Waals surface area (Å²) in [5, 5.41) is 9.78. The van der Waals surface area contributed by atoms with Crippen LogP contribution in [-0.4, -0.2) is 34.7 Å². The Balaban J connectivity index is 1.85. The molecule has 0 aromatic heterocycles. The van der Waals surface area contributed by atoms with Crippen LogP contribution in [0.5, 0.6) is 0 Å².